The van der Waals surface area contributed by atoms with Crippen LogP contribution in [0.2, 0.25) is 0 Å². The molecule has 30 heavy (non-hydrogen) atoms. The van der Waals surface area contributed by atoms with E-state index in [4.69, 9.17) is 4.74 Å². The number of benzene rings is 1. The summed E-state index contributed by atoms with van der Waals surface area (Å²) in [7, 11) is 1.58. The maximum Gasteiger partial charge on any atom is 0.326 e. The molecule has 0 aliphatic carbocycles. The molecule has 0 spiro atoms. The molecule has 1 aromatic rings. The van der Waals surface area contributed by atoms with Crippen molar-refractivity contribution >= 4 is 17.8 Å². The fourth-order valence-electron chi connectivity index (χ4n) is 3.41. The molecule has 1 heterocycles. The molecular formula is C23H35N3O4. The lowest BCUT2D eigenvalue weighted by molar-refractivity contribution is -0.159. The van der Waals surface area contributed by atoms with Gasteiger partial charge in [-0.1, -0.05) is 29.8 Å². The SMILES string of the molecule is CCN(C(=O)[C@@H]1CCN1)[C@@H](Cc1ccc(C)cc1)C(=O)N(C)CC(=O)OC(C)(C)C. The topological polar surface area (TPSA) is 79.0 Å². The fraction of sp³-hybridized carbons (Fsp3) is 0.609. The van der Waals surface area contributed by atoms with Crippen LogP contribution in [0.5, 0.6) is 0 Å². The van der Waals surface area contributed by atoms with Crippen LogP contribution in [0.3, 0.4) is 0 Å². The van der Waals surface area contributed by atoms with E-state index in [1.807, 2.05) is 38.1 Å². The van der Waals surface area contributed by atoms with Crippen LogP contribution in [0.25, 0.3) is 0 Å². The number of nitrogens with one attached hydrogen (secondary N) is 1. The van der Waals surface area contributed by atoms with Crippen molar-refractivity contribution in [2.24, 2.45) is 0 Å². The summed E-state index contributed by atoms with van der Waals surface area (Å²) in [6.45, 7) is 10.3. The summed E-state index contributed by atoms with van der Waals surface area (Å²) < 4.78 is 5.35. The lowest BCUT2D eigenvalue weighted by Crippen LogP contribution is -2.60. The minimum atomic E-state index is -0.681. The van der Waals surface area contributed by atoms with Gasteiger partial charge in [-0.2, -0.15) is 0 Å². The lowest BCUT2D eigenvalue weighted by atomic mass is 9.99. The van der Waals surface area contributed by atoms with Gasteiger partial charge >= 0.3 is 5.97 Å². The molecule has 2 rings (SSSR count). The van der Waals surface area contributed by atoms with Gasteiger partial charge in [-0.05, 0) is 53.1 Å². The summed E-state index contributed by atoms with van der Waals surface area (Å²) >= 11 is 0. The van der Waals surface area contributed by atoms with Crippen LogP contribution in [-0.2, 0) is 25.5 Å². The van der Waals surface area contributed by atoms with Gasteiger partial charge < -0.3 is 19.9 Å². The normalized spacial score (nSPS) is 16.9. The van der Waals surface area contributed by atoms with Crippen molar-refractivity contribution in [1.29, 1.82) is 0 Å². The fourth-order valence-corrected chi connectivity index (χ4v) is 3.41. The van der Waals surface area contributed by atoms with Gasteiger partial charge in [-0.3, -0.25) is 14.4 Å². The molecule has 7 heteroatoms. The molecule has 2 amide bonds. The van der Waals surface area contributed by atoms with Gasteiger partial charge in [0.15, 0.2) is 0 Å². The third kappa shape index (κ3) is 6.55. The highest BCUT2D eigenvalue weighted by Gasteiger charge is 2.36. The molecule has 166 valence electrons. The van der Waals surface area contributed by atoms with E-state index in [2.05, 4.69) is 5.32 Å². The zero-order valence-electron chi connectivity index (χ0n) is 19.0. The van der Waals surface area contributed by atoms with Gasteiger partial charge in [0.25, 0.3) is 0 Å². The first-order valence-electron chi connectivity index (χ1n) is 10.6. The summed E-state index contributed by atoms with van der Waals surface area (Å²) in [5.74, 6) is -0.807. The maximum absolute atomic E-state index is 13.4. The van der Waals surface area contributed by atoms with Crippen molar-refractivity contribution < 1.29 is 19.1 Å². The van der Waals surface area contributed by atoms with Crippen LogP contribution in [0, 0.1) is 6.92 Å². The van der Waals surface area contributed by atoms with E-state index in [1.54, 1.807) is 32.7 Å². The number of hydrogen-bond donors (Lipinski definition) is 1. The van der Waals surface area contributed by atoms with Crippen molar-refractivity contribution in [3.05, 3.63) is 35.4 Å². The predicted molar refractivity (Wildman–Crippen MR) is 116 cm³/mol. The number of nitrogens with zero attached hydrogens (tertiary/aromatic N) is 2. The second-order valence-corrected chi connectivity index (χ2v) is 8.91. The Labute approximate surface area is 179 Å². The zero-order chi connectivity index (χ0) is 22.5. The Morgan fingerprint density at radius 2 is 1.80 bits per heavy atom. The van der Waals surface area contributed by atoms with E-state index in [0.29, 0.717) is 13.0 Å². The zero-order valence-corrected chi connectivity index (χ0v) is 19.0. The van der Waals surface area contributed by atoms with Crippen molar-refractivity contribution in [2.45, 2.75) is 65.1 Å². The molecule has 0 saturated carbocycles. The largest absolute Gasteiger partial charge is 0.459 e. The average molecular weight is 418 g/mol. The second kappa shape index (κ2) is 10.1. The third-order valence-electron chi connectivity index (χ3n) is 5.12. The van der Waals surface area contributed by atoms with Crippen LogP contribution < -0.4 is 5.32 Å². The van der Waals surface area contributed by atoms with E-state index in [1.165, 1.54) is 4.90 Å². The molecule has 1 aromatic carbocycles. The summed E-state index contributed by atoms with van der Waals surface area (Å²) in [6, 6.07) is 7.02. The molecule has 2 atom stereocenters. The summed E-state index contributed by atoms with van der Waals surface area (Å²) in [5.41, 5.74) is 1.48. The second-order valence-electron chi connectivity index (χ2n) is 8.91. The molecular weight excluding hydrogens is 382 g/mol. The van der Waals surface area contributed by atoms with E-state index in [-0.39, 0.29) is 24.4 Å². The quantitative estimate of drug-likeness (QED) is 0.654. The number of hydrogen-bond acceptors (Lipinski definition) is 5. The number of amides is 2. The number of carbonyl (C=O) groups is 3. The Morgan fingerprint density at radius 3 is 2.27 bits per heavy atom. The van der Waals surface area contributed by atoms with Crippen molar-refractivity contribution in [3.63, 3.8) is 0 Å². The highest BCUT2D eigenvalue weighted by molar-refractivity contribution is 5.91. The first-order chi connectivity index (χ1) is 14.0. The number of likely N-dealkylation sites (N-methyl/N-ethyl adjacent to an activating group) is 2. The maximum atomic E-state index is 13.4. The molecule has 0 bridgehead atoms. The molecule has 0 unspecified atom stereocenters. The van der Waals surface area contributed by atoms with Crippen molar-refractivity contribution in [2.75, 3.05) is 26.7 Å². The molecule has 1 saturated heterocycles. The number of ether oxygens (including phenoxy) is 1. The van der Waals surface area contributed by atoms with Crippen LogP contribution in [0.1, 0.15) is 45.2 Å². The smallest absolute Gasteiger partial charge is 0.326 e. The Morgan fingerprint density at radius 1 is 1.20 bits per heavy atom. The predicted octanol–water partition coefficient (Wildman–Crippen LogP) is 1.92. The molecule has 0 radical (unpaired) electrons. The van der Waals surface area contributed by atoms with Crippen LogP contribution >= 0.6 is 0 Å². The minimum absolute atomic E-state index is 0.0696. The van der Waals surface area contributed by atoms with E-state index in [9.17, 15) is 14.4 Å². The van der Waals surface area contributed by atoms with Crippen LogP contribution in [0.15, 0.2) is 24.3 Å². The summed E-state index contributed by atoms with van der Waals surface area (Å²) in [5, 5.41) is 3.12. The molecule has 1 aliphatic rings. The van der Waals surface area contributed by atoms with Gasteiger partial charge in [-0.15, -0.1) is 0 Å². The highest BCUT2D eigenvalue weighted by Crippen LogP contribution is 2.17. The average Bonchev–Trinajstić information content (AvgIpc) is 2.59. The van der Waals surface area contributed by atoms with Gasteiger partial charge in [0.05, 0.1) is 6.04 Å². The summed E-state index contributed by atoms with van der Waals surface area (Å²) in [6.07, 6.45) is 1.17. The first-order valence-corrected chi connectivity index (χ1v) is 10.6. The molecule has 1 N–H and O–H groups in total. The lowest BCUT2D eigenvalue weighted by Gasteiger charge is -2.37. The van der Waals surface area contributed by atoms with Gasteiger partial charge in [0.1, 0.15) is 18.2 Å². The Hall–Kier alpha value is -2.41. The van der Waals surface area contributed by atoms with Crippen LogP contribution in [-0.4, -0.2) is 72.0 Å². The third-order valence-corrected chi connectivity index (χ3v) is 5.12. The highest BCUT2D eigenvalue weighted by atomic mass is 16.6. The molecule has 1 aliphatic heterocycles. The first kappa shape index (κ1) is 23.9. The van der Waals surface area contributed by atoms with Gasteiger partial charge in [0.2, 0.25) is 11.8 Å². The molecule has 7 nitrogen and oxygen atoms in total. The van der Waals surface area contributed by atoms with Crippen LogP contribution in [0.4, 0.5) is 0 Å². The van der Waals surface area contributed by atoms with Gasteiger partial charge in [0, 0.05) is 20.0 Å². The standard InChI is InChI=1S/C23H35N3O4/c1-7-26(21(28)18-12-13-24-18)19(14-17-10-8-16(2)9-11-17)22(29)25(6)15-20(27)30-23(3,4)5/h8-11,18-19,24H,7,12-15H2,1-6H3/t18-,19-/m0/s1. The Bertz CT molecular complexity index is 751. The van der Waals surface area contributed by atoms with E-state index < -0.39 is 17.6 Å². The van der Waals surface area contributed by atoms with Gasteiger partial charge in [-0.25, -0.2) is 0 Å². The number of aryl methyl sites for hydroxylation is 1. The number of carbonyl (C=O) groups excluding carboxylic acids is 3. The summed E-state index contributed by atoms with van der Waals surface area (Å²) in [4.78, 5) is 41.5. The molecule has 1 fully saturated rings. The number of esters is 1. The Kier molecular flexibility index (Phi) is 8.01. The van der Waals surface area contributed by atoms with E-state index in [0.717, 1.165) is 24.1 Å². The number of rotatable bonds is 8. The monoisotopic (exact) mass is 417 g/mol. The van der Waals surface area contributed by atoms with Crippen molar-refractivity contribution in [1.82, 2.24) is 15.1 Å². The van der Waals surface area contributed by atoms with E-state index >= 15 is 0 Å². The molecule has 0 aromatic heterocycles. The Balaban J connectivity index is 2.21. The van der Waals surface area contributed by atoms with Crippen molar-refractivity contribution in [3.8, 4) is 0 Å². The minimum Gasteiger partial charge on any atom is -0.459 e.